The van der Waals surface area contributed by atoms with Crippen LogP contribution in [0.15, 0.2) is 30.3 Å². The highest BCUT2D eigenvalue weighted by molar-refractivity contribution is 5.14. The topological polar surface area (TPSA) is 6.48 Å². The predicted molar refractivity (Wildman–Crippen MR) is 89.3 cm³/mol. The lowest BCUT2D eigenvalue weighted by Gasteiger charge is -2.43. The molecule has 0 aromatic heterocycles. The highest BCUT2D eigenvalue weighted by Gasteiger charge is 2.29. The summed E-state index contributed by atoms with van der Waals surface area (Å²) in [6, 6.07) is 11.7. The molecule has 2 heterocycles. The Morgan fingerprint density at radius 3 is 2.19 bits per heavy atom. The molecular formula is C19H30N2. The normalized spacial score (nSPS) is 29.6. The first-order chi connectivity index (χ1) is 10.2. The van der Waals surface area contributed by atoms with Crippen molar-refractivity contribution < 1.29 is 0 Å². The summed E-state index contributed by atoms with van der Waals surface area (Å²) in [5, 5.41) is 0. The zero-order chi connectivity index (χ0) is 14.7. The van der Waals surface area contributed by atoms with Crippen LogP contribution in [0.25, 0.3) is 0 Å². The molecule has 21 heavy (non-hydrogen) atoms. The van der Waals surface area contributed by atoms with Crippen LogP contribution in [0.3, 0.4) is 0 Å². The van der Waals surface area contributed by atoms with Gasteiger partial charge in [0.25, 0.3) is 0 Å². The highest BCUT2D eigenvalue weighted by Crippen LogP contribution is 2.26. The number of hydrogen-bond acceptors (Lipinski definition) is 2. The second-order valence-corrected chi connectivity index (χ2v) is 7.39. The molecule has 2 nitrogen and oxygen atoms in total. The van der Waals surface area contributed by atoms with E-state index in [4.69, 9.17) is 0 Å². The molecule has 2 fully saturated rings. The molecule has 1 aromatic rings. The van der Waals surface area contributed by atoms with Gasteiger partial charge in [-0.15, -0.1) is 0 Å². The van der Waals surface area contributed by atoms with E-state index in [0.29, 0.717) is 0 Å². The molecule has 0 N–H and O–H groups in total. The van der Waals surface area contributed by atoms with E-state index in [0.717, 1.165) is 24.4 Å². The van der Waals surface area contributed by atoms with Crippen LogP contribution >= 0.6 is 0 Å². The van der Waals surface area contributed by atoms with Gasteiger partial charge in [-0.1, -0.05) is 44.2 Å². The van der Waals surface area contributed by atoms with Crippen molar-refractivity contribution in [1.29, 1.82) is 0 Å². The van der Waals surface area contributed by atoms with Gasteiger partial charge in [-0.2, -0.15) is 0 Å². The highest BCUT2D eigenvalue weighted by atomic mass is 15.2. The van der Waals surface area contributed by atoms with E-state index in [1.807, 2.05) is 0 Å². The molecule has 3 rings (SSSR count). The van der Waals surface area contributed by atoms with Crippen LogP contribution < -0.4 is 0 Å². The molecule has 0 aliphatic carbocycles. The van der Waals surface area contributed by atoms with Crippen molar-refractivity contribution in [2.24, 2.45) is 11.8 Å². The second-order valence-electron chi connectivity index (χ2n) is 7.39. The molecule has 0 spiro atoms. The van der Waals surface area contributed by atoms with Crippen molar-refractivity contribution in [2.45, 2.75) is 45.7 Å². The van der Waals surface area contributed by atoms with E-state index >= 15 is 0 Å². The van der Waals surface area contributed by atoms with Crippen LogP contribution in [0.1, 0.15) is 38.7 Å². The summed E-state index contributed by atoms with van der Waals surface area (Å²) in [4.78, 5) is 5.42. The maximum atomic E-state index is 2.79. The van der Waals surface area contributed by atoms with Gasteiger partial charge < -0.3 is 0 Å². The number of likely N-dealkylation sites (tertiary alicyclic amines) is 2. The Morgan fingerprint density at radius 1 is 0.952 bits per heavy atom. The first-order valence-corrected chi connectivity index (χ1v) is 8.71. The van der Waals surface area contributed by atoms with Gasteiger partial charge in [0.05, 0.1) is 0 Å². The minimum atomic E-state index is 0.835. The number of hydrogen-bond donors (Lipinski definition) is 0. The summed E-state index contributed by atoms with van der Waals surface area (Å²) in [6.45, 7) is 11.2. The van der Waals surface area contributed by atoms with Gasteiger partial charge in [0.2, 0.25) is 0 Å². The quantitative estimate of drug-likeness (QED) is 0.837. The van der Waals surface area contributed by atoms with Crippen molar-refractivity contribution in [3.8, 4) is 0 Å². The van der Waals surface area contributed by atoms with Gasteiger partial charge in [-0.3, -0.25) is 9.80 Å². The van der Waals surface area contributed by atoms with Crippen LogP contribution in [0.4, 0.5) is 0 Å². The molecule has 0 saturated carbocycles. The first kappa shape index (κ1) is 15.1. The Balaban J connectivity index is 1.48. The van der Waals surface area contributed by atoms with E-state index in [2.05, 4.69) is 54.0 Å². The molecule has 116 valence electrons. The Hall–Kier alpha value is -0.860. The molecule has 2 unspecified atom stereocenters. The van der Waals surface area contributed by atoms with Crippen molar-refractivity contribution in [1.82, 2.24) is 9.80 Å². The van der Waals surface area contributed by atoms with Gasteiger partial charge >= 0.3 is 0 Å². The van der Waals surface area contributed by atoms with Gasteiger partial charge in [0.15, 0.2) is 0 Å². The molecule has 2 heteroatoms. The lowest BCUT2D eigenvalue weighted by Crippen LogP contribution is -2.49. The molecule has 2 aliphatic rings. The van der Waals surface area contributed by atoms with Crippen LogP contribution in [0, 0.1) is 11.8 Å². The van der Waals surface area contributed by atoms with Crippen LogP contribution in [0.2, 0.25) is 0 Å². The maximum absolute atomic E-state index is 2.79. The molecule has 1 aromatic carbocycles. The maximum Gasteiger partial charge on any atom is 0.0233 e. The van der Waals surface area contributed by atoms with E-state index < -0.39 is 0 Å². The summed E-state index contributed by atoms with van der Waals surface area (Å²) in [7, 11) is 0. The zero-order valence-electron chi connectivity index (χ0n) is 13.7. The van der Waals surface area contributed by atoms with Crippen molar-refractivity contribution in [3.63, 3.8) is 0 Å². The fraction of sp³-hybridized carbons (Fsp3) is 0.684. The van der Waals surface area contributed by atoms with Crippen LogP contribution in [-0.2, 0) is 6.54 Å². The number of piperidine rings is 2. The standard InChI is InChI=1S/C19H30N2/c1-16-12-17(2)14-21(13-16)19-8-10-20(11-9-19)15-18-6-4-3-5-7-18/h3-7,16-17,19H,8-15H2,1-2H3. The monoisotopic (exact) mass is 286 g/mol. The zero-order valence-corrected chi connectivity index (χ0v) is 13.7. The van der Waals surface area contributed by atoms with E-state index in [-0.39, 0.29) is 0 Å². The third kappa shape index (κ3) is 4.08. The molecule has 0 bridgehead atoms. The Labute approximate surface area is 130 Å². The lowest BCUT2D eigenvalue weighted by atomic mass is 9.89. The molecule has 0 radical (unpaired) electrons. The number of benzene rings is 1. The average Bonchev–Trinajstić information content (AvgIpc) is 2.48. The molecule has 2 aliphatic heterocycles. The Kier molecular flexibility index (Phi) is 4.97. The summed E-state index contributed by atoms with van der Waals surface area (Å²) in [5.41, 5.74) is 1.45. The third-order valence-corrected chi connectivity index (χ3v) is 5.22. The largest absolute Gasteiger partial charge is 0.300 e. The first-order valence-electron chi connectivity index (χ1n) is 8.71. The van der Waals surface area contributed by atoms with Crippen molar-refractivity contribution in [3.05, 3.63) is 35.9 Å². The summed E-state index contributed by atoms with van der Waals surface area (Å²) < 4.78 is 0. The SMILES string of the molecule is CC1CC(C)CN(C2CCN(Cc3ccccc3)CC2)C1. The van der Waals surface area contributed by atoms with E-state index in [1.54, 1.807) is 0 Å². The third-order valence-electron chi connectivity index (χ3n) is 5.22. The fourth-order valence-electron chi connectivity index (χ4n) is 4.29. The molecule has 0 amide bonds. The van der Waals surface area contributed by atoms with E-state index in [9.17, 15) is 0 Å². The van der Waals surface area contributed by atoms with Crippen molar-refractivity contribution >= 4 is 0 Å². The smallest absolute Gasteiger partial charge is 0.0233 e. The Morgan fingerprint density at radius 2 is 1.57 bits per heavy atom. The number of nitrogens with zero attached hydrogens (tertiary/aromatic N) is 2. The summed E-state index contributed by atoms with van der Waals surface area (Å²) >= 11 is 0. The Bertz CT molecular complexity index is 412. The van der Waals surface area contributed by atoms with Crippen LogP contribution in [-0.4, -0.2) is 42.0 Å². The summed E-state index contributed by atoms with van der Waals surface area (Å²) in [5.74, 6) is 1.77. The van der Waals surface area contributed by atoms with Gasteiger partial charge in [-0.25, -0.2) is 0 Å². The van der Waals surface area contributed by atoms with E-state index in [1.165, 1.54) is 51.0 Å². The minimum absolute atomic E-state index is 0.835. The van der Waals surface area contributed by atoms with Gasteiger partial charge in [0.1, 0.15) is 0 Å². The minimum Gasteiger partial charge on any atom is -0.300 e. The van der Waals surface area contributed by atoms with Gasteiger partial charge in [0, 0.05) is 25.7 Å². The van der Waals surface area contributed by atoms with Crippen molar-refractivity contribution in [2.75, 3.05) is 26.2 Å². The molecule has 2 atom stereocenters. The fourth-order valence-corrected chi connectivity index (χ4v) is 4.29. The van der Waals surface area contributed by atoms with Crippen LogP contribution in [0.5, 0.6) is 0 Å². The second kappa shape index (κ2) is 6.93. The molecule has 2 saturated heterocycles. The summed E-state index contributed by atoms with van der Waals surface area (Å²) in [6.07, 6.45) is 4.13. The average molecular weight is 286 g/mol. The predicted octanol–water partition coefficient (Wildman–Crippen LogP) is 3.63. The molecular weight excluding hydrogens is 256 g/mol. The number of rotatable bonds is 3. The lowest BCUT2D eigenvalue weighted by molar-refractivity contribution is 0.0530. The van der Waals surface area contributed by atoms with Gasteiger partial charge in [-0.05, 0) is 49.8 Å².